The van der Waals surface area contributed by atoms with E-state index in [1.165, 1.54) is 32.1 Å². The van der Waals surface area contributed by atoms with Crippen molar-refractivity contribution in [2.45, 2.75) is 45.1 Å². The smallest absolute Gasteiger partial charge is 0.00897 e. The molecule has 1 heteroatoms. The first kappa shape index (κ1) is 8.06. The van der Waals surface area contributed by atoms with E-state index in [1.807, 2.05) is 0 Å². The molecule has 0 bridgehead atoms. The Morgan fingerprint density at radius 2 is 2.00 bits per heavy atom. The topological polar surface area (TPSA) is 12.0 Å². The lowest BCUT2D eigenvalue weighted by Gasteiger charge is -2.20. The van der Waals surface area contributed by atoms with Gasteiger partial charge in [0.15, 0.2) is 0 Å². The minimum Gasteiger partial charge on any atom is -0.317 e. The largest absolute Gasteiger partial charge is 0.317 e. The minimum absolute atomic E-state index is 0.794. The van der Waals surface area contributed by atoms with Crippen molar-refractivity contribution in [3.63, 3.8) is 0 Å². The normalized spacial score (nSPS) is 23.4. The summed E-state index contributed by atoms with van der Waals surface area (Å²) in [6, 6.07) is 0.794. The van der Waals surface area contributed by atoms with Crippen molar-refractivity contribution in [2.24, 2.45) is 5.92 Å². The first-order chi connectivity index (χ1) is 4.88. The highest BCUT2D eigenvalue weighted by Gasteiger charge is 2.21. The Morgan fingerprint density at radius 3 is 2.40 bits per heavy atom. The molecule has 0 saturated heterocycles. The fourth-order valence-corrected chi connectivity index (χ4v) is 2.13. The molecule has 0 amide bonds. The molecule has 1 atom stereocenters. The number of hydrogen-bond acceptors (Lipinski definition) is 1. The van der Waals surface area contributed by atoms with Crippen LogP contribution in [0.15, 0.2) is 0 Å². The zero-order chi connectivity index (χ0) is 7.40. The van der Waals surface area contributed by atoms with Gasteiger partial charge in [0.1, 0.15) is 0 Å². The fourth-order valence-electron chi connectivity index (χ4n) is 2.13. The van der Waals surface area contributed by atoms with Crippen LogP contribution in [0.25, 0.3) is 0 Å². The second-order valence-corrected chi connectivity index (χ2v) is 3.35. The second-order valence-electron chi connectivity index (χ2n) is 3.35. The van der Waals surface area contributed by atoms with E-state index in [0.29, 0.717) is 0 Å². The third-order valence-corrected chi connectivity index (χ3v) is 2.78. The molecule has 1 saturated carbocycles. The van der Waals surface area contributed by atoms with Crippen molar-refractivity contribution in [3.05, 3.63) is 0 Å². The van der Waals surface area contributed by atoms with Crippen LogP contribution in [0.1, 0.15) is 39.0 Å². The first-order valence-electron chi connectivity index (χ1n) is 4.55. The SMILES string of the molecule is CCC(NC)C1CCCC1. The van der Waals surface area contributed by atoms with Crippen LogP contribution in [0.3, 0.4) is 0 Å². The molecule has 1 aliphatic rings. The molecule has 0 spiro atoms. The Balaban J connectivity index is 2.29. The second kappa shape index (κ2) is 3.97. The highest BCUT2D eigenvalue weighted by atomic mass is 14.9. The lowest BCUT2D eigenvalue weighted by atomic mass is 9.96. The summed E-state index contributed by atoms with van der Waals surface area (Å²) in [6.07, 6.45) is 7.13. The third kappa shape index (κ3) is 1.72. The highest BCUT2D eigenvalue weighted by Crippen LogP contribution is 2.28. The summed E-state index contributed by atoms with van der Waals surface area (Å²) in [5, 5.41) is 3.39. The Bertz CT molecular complexity index is 80.7. The summed E-state index contributed by atoms with van der Waals surface area (Å²) in [7, 11) is 2.09. The number of hydrogen-bond donors (Lipinski definition) is 1. The van der Waals surface area contributed by atoms with E-state index in [4.69, 9.17) is 0 Å². The van der Waals surface area contributed by atoms with Gasteiger partial charge in [-0.1, -0.05) is 19.8 Å². The van der Waals surface area contributed by atoms with Gasteiger partial charge in [-0.15, -0.1) is 0 Å². The van der Waals surface area contributed by atoms with Crippen molar-refractivity contribution in [2.75, 3.05) is 7.05 Å². The monoisotopic (exact) mass is 141 g/mol. The summed E-state index contributed by atoms with van der Waals surface area (Å²) in [6.45, 7) is 2.28. The summed E-state index contributed by atoms with van der Waals surface area (Å²) >= 11 is 0. The standard InChI is InChI=1S/C9H19N/c1-3-9(10-2)8-6-4-5-7-8/h8-10H,3-7H2,1-2H3. The third-order valence-electron chi connectivity index (χ3n) is 2.78. The molecule has 1 N–H and O–H groups in total. The van der Waals surface area contributed by atoms with Gasteiger partial charge in [-0.3, -0.25) is 0 Å². The summed E-state index contributed by atoms with van der Waals surface area (Å²) < 4.78 is 0. The van der Waals surface area contributed by atoms with Crippen molar-refractivity contribution < 1.29 is 0 Å². The van der Waals surface area contributed by atoms with Crippen LogP contribution in [0.4, 0.5) is 0 Å². The number of nitrogens with one attached hydrogen (secondary N) is 1. The maximum atomic E-state index is 3.39. The van der Waals surface area contributed by atoms with Gasteiger partial charge >= 0.3 is 0 Å². The molecule has 0 aromatic rings. The Morgan fingerprint density at radius 1 is 1.40 bits per heavy atom. The van der Waals surface area contributed by atoms with E-state index in [9.17, 15) is 0 Å². The van der Waals surface area contributed by atoms with E-state index in [0.717, 1.165) is 12.0 Å². The molecule has 10 heavy (non-hydrogen) atoms. The molecule has 1 unspecified atom stereocenters. The Labute approximate surface area is 64.2 Å². The Kier molecular flexibility index (Phi) is 3.20. The molecular formula is C9H19N. The molecule has 0 radical (unpaired) electrons. The maximum Gasteiger partial charge on any atom is 0.00897 e. The van der Waals surface area contributed by atoms with Gasteiger partial charge in [0.2, 0.25) is 0 Å². The van der Waals surface area contributed by atoms with Gasteiger partial charge in [-0.2, -0.15) is 0 Å². The minimum atomic E-state index is 0.794. The van der Waals surface area contributed by atoms with Crippen LogP contribution in [0.2, 0.25) is 0 Å². The first-order valence-corrected chi connectivity index (χ1v) is 4.55. The molecule has 1 rings (SSSR count). The molecule has 0 aliphatic heterocycles. The predicted octanol–water partition coefficient (Wildman–Crippen LogP) is 2.17. The molecule has 1 fully saturated rings. The Hall–Kier alpha value is -0.0400. The molecule has 0 heterocycles. The molecule has 0 aromatic heterocycles. The summed E-state index contributed by atoms with van der Waals surface area (Å²) in [4.78, 5) is 0. The van der Waals surface area contributed by atoms with E-state index < -0.39 is 0 Å². The molecule has 1 aliphatic carbocycles. The maximum absolute atomic E-state index is 3.39. The van der Waals surface area contributed by atoms with Gasteiger partial charge in [0, 0.05) is 6.04 Å². The average Bonchev–Trinajstić information content (AvgIpc) is 2.43. The fraction of sp³-hybridized carbons (Fsp3) is 1.00. The lowest BCUT2D eigenvalue weighted by Crippen LogP contribution is -2.31. The summed E-state index contributed by atoms with van der Waals surface area (Å²) in [5.41, 5.74) is 0. The lowest BCUT2D eigenvalue weighted by molar-refractivity contribution is 0.370. The van der Waals surface area contributed by atoms with Crippen LogP contribution >= 0.6 is 0 Å². The highest BCUT2D eigenvalue weighted by molar-refractivity contribution is 4.78. The van der Waals surface area contributed by atoms with Gasteiger partial charge in [0.25, 0.3) is 0 Å². The van der Waals surface area contributed by atoms with E-state index in [2.05, 4.69) is 19.3 Å². The molecule has 0 aromatic carbocycles. The predicted molar refractivity (Wildman–Crippen MR) is 45.1 cm³/mol. The van der Waals surface area contributed by atoms with E-state index in [1.54, 1.807) is 0 Å². The van der Waals surface area contributed by atoms with Crippen LogP contribution in [-0.2, 0) is 0 Å². The van der Waals surface area contributed by atoms with Crippen LogP contribution in [-0.4, -0.2) is 13.1 Å². The summed E-state index contributed by atoms with van der Waals surface area (Å²) in [5.74, 6) is 0.981. The van der Waals surface area contributed by atoms with Gasteiger partial charge in [-0.25, -0.2) is 0 Å². The van der Waals surface area contributed by atoms with Gasteiger partial charge in [0.05, 0.1) is 0 Å². The number of rotatable bonds is 3. The van der Waals surface area contributed by atoms with Gasteiger partial charge in [-0.05, 0) is 32.2 Å². The molecular weight excluding hydrogens is 122 g/mol. The van der Waals surface area contributed by atoms with Gasteiger partial charge < -0.3 is 5.32 Å². The van der Waals surface area contributed by atoms with Crippen molar-refractivity contribution >= 4 is 0 Å². The van der Waals surface area contributed by atoms with E-state index >= 15 is 0 Å². The molecule has 60 valence electrons. The quantitative estimate of drug-likeness (QED) is 0.635. The van der Waals surface area contributed by atoms with Crippen LogP contribution in [0, 0.1) is 5.92 Å². The average molecular weight is 141 g/mol. The van der Waals surface area contributed by atoms with E-state index in [-0.39, 0.29) is 0 Å². The van der Waals surface area contributed by atoms with Crippen molar-refractivity contribution in [1.29, 1.82) is 0 Å². The van der Waals surface area contributed by atoms with Crippen molar-refractivity contribution in [1.82, 2.24) is 5.32 Å². The molecule has 1 nitrogen and oxygen atoms in total. The van der Waals surface area contributed by atoms with Crippen LogP contribution in [0.5, 0.6) is 0 Å². The van der Waals surface area contributed by atoms with Crippen molar-refractivity contribution in [3.8, 4) is 0 Å². The zero-order valence-electron chi connectivity index (χ0n) is 7.19. The zero-order valence-corrected chi connectivity index (χ0v) is 7.19. The van der Waals surface area contributed by atoms with Crippen LogP contribution < -0.4 is 5.32 Å².